The van der Waals surface area contributed by atoms with Crippen LogP contribution >= 0.6 is 0 Å². The number of carbonyl (C=O) groups is 3. The third-order valence-corrected chi connectivity index (χ3v) is 4.18. The van der Waals surface area contributed by atoms with Crippen LogP contribution in [-0.4, -0.2) is 24.4 Å². The first-order valence-corrected chi connectivity index (χ1v) is 7.97. The maximum atomic E-state index is 12.1. The van der Waals surface area contributed by atoms with E-state index >= 15 is 0 Å². The van der Waals surface area contributed by atoms with Gasteiger partial charge in [-0.2, -0.15) is 0 Å². The molecule has 0 bridgehead atoms. The van der Waals surface area contributed by atoms with Crippen LogP contribution < -0.4 is 20.7 Å². The van der Waals surface area contributed by atoms with Gasteiger partial charge in [0.25, 0.3) is 5.91 Å². The molecule has 2 N–H and O–H groups in total. The third kappa shape index (κ3) is 4.71. The molecule has 0 heterocycles. The lowest BCUT2D eigenvalue weighted by Gasteiger charge is -2.31. The van der Waals surface area contributed by atoms with Gasteiger partial charge in [0, 0.05) is 17.8 Å². The second-order valence-electron chi connectivity index (χ2n) is 5.91. The number of carbonyl (C=O) groups excluding carboxylic acids is 3. The Morgan fingerprint density at radius 2 is 1.79 bits per heavy atom. The fraction of sp³-hybridized carbons (Fsp3) is 0.471. The fourth-order valence-corrected chi connectivity index (χ4v) is 2.85. The highest BCUT2D eigenvalue weighted by Gasteiger charge is 2.31. The summed E-state index contributed by atoms with van der Waals surface area (Å²) < 4.78 is 5.37. The Bertz CT molecular complexity index is 617. The predicted molar refractivity (Wildman–Crippen MR) is 83.4 cm³/mol. The summed E-state index contributed by atoms with van der Waals surface area (Å²) in [4.78, 5) is 34.9. The van der Waals surface area contributed by atoms with Gasteiger partial charge in [-0.3, -0.25) is 20.4 Å². The van der Waals surface area contributed by atoms with Gasteiger partial charge < -0.3 is 14.6 Å². The van der Waals surface area contributed by atoms with Crippen LogP contribution in [-0.2, 0) is 14.4 Å². The van der Waals surface area contributed by atoms with Crippen LogP contribution in [0.5, 0.6) is 5.75 Å². The number of nitrogens with one attached hydrogen (secondary N) is 2. The van der Waals surface area contributed by atoms with Crippen molar-refractivity contribution in [3.8, 4) is 5.75 Å². The first-order chi connectivity index (χ1) is 11.5. The molecule has 2 atom stereocenters. The number of hydrazine groups is 1. The summed E-state index contributed by atoms with van der Waals surface area (Å²) in [7, 11) is 0. The Labute approximate surface area is 140 Å². The highest BCUT2D eigenvalue weighted by atomic mass is 16.5. The van der Waals surface area contributed by atoms with Crippen LogP contribution in [0.25, 0.3) is 0 Å². The lowest BCUT2D eigenvalue weighted by atomic mass is 9.79. The topological polar surface area (TPSA) is 108 Å². The van der Waals surface area contributed by atoms with E-state index in [2.05, 4.69) is 10.9 Å². The minimum atomic E-state index is -1.22. The molecule has 2 unspecified atom stereocenters. The Hall–Kier alpha value is -2.57. The molecule has 2 amide bonds. The molecule has 0 aliphatic heterocycles. The molecule has 1 aromatic carbocycles. The molecule has 130 valence electrons. The molecule has 7 nitrogen and oxygen atoms in total. The second kappa shape index (κ2) is 8.33. The van der Waals surface area contributed by atoms with Crippen molar-refractivity contribution in [2.75, 3.05) is 6.61 Å². The van der Waals surface area contributed by atoms with Crippen molar-refractivity contribution >= 4 is 17.8 Å². The van der Waals surface area contributed by atoms with Gasteiger partial charge in [0.05, 0.1) is 0 Å². The number of carboxylic acids is 1. The van der Waals surface area contributed by atoms with Crippen molar-refractivity contribution in [2.45, 2.75) is 32.6 Å². The summed E-state index contributed by atoms with van der Waals surface area (Å²) in [5, 5.41) is 11.1. The molecule has 24 heavy (non-hydrogen) atoms. The number of carboxylic acid groups (broad SMARTS) is 1. The molecule has 1 aliphatic rings. The minimum Gasteiger partial charge on any atom is -0.550 e. The smallest absolute Gasteiger partial charge is 0.276 e. The van der Waals surface area contributed by atoms with Gasteiger partial charge >= 0.3 is 0 Å². The number of hydrogen-bond donors (Lipinski definition) is 2. The highest BCUT2D eigenvalue weighted by Crippen LogP contribution is 2.29. The number of benzene rings is 1. The van der Waals surface area contributed by atoms with Crippen molar-refractivity contribution in [2.24, 2.45) is 11.8 Å². The van der Waals surface area contributed by atoms with Crippen LogP contribution in [0.2, 0.25) is 0 Å². The van der Waals surface area contributed by atoms with Crippen molar-refractivity contribution in [3.05, 3.63) is 29.8 Å². The zero-order valence-corrected chi connectivity index (χ0v) is 13.5. The molecule has 1 aliphatic carbocycles. The zero-order chi connectivity index (χ0) is 17.5. The lowest BCUT2D eigenvalue weighted by Crippen LogP contribution is -2.50. The number of hydrogen-bond acceptors (Lipinski definition) is 5. The highest BCUT2D eigenvalue weighted by molar-refractivity contribution is 5.87. The van der Waals surface area contributed by atoms with E-state index in [1.165, 1.54) is 0 Å². The summed E-state index contributed by atoms with van der Waals surface area (Å²) in [6.07, 6.45) is 2.44. The SMILES string of the molecule is Cc1ccccc1OCC(=O)NNC(=O)C1CCCCC1C(=O)[O-]. The van der Waals surface area contributed by atoms with E-state index in [9.17, 15) is 19.5 Å². The number of aliphatic carboxylic acids is 1. The number of rotatable bonds is 5. The second-order valence-corrected chi connectivity index (χ2v) is 5.91. The van der Waals surface area contributed by atoms with Crippen molar-refractivity contribution < 1.29 is 24.2 Å². The Balaban J connectivity index is 1.79. The molecular weight excluding hydrogens is 312 g/mol. The molecule has 7 heteroatoms. The fourth-order valence-electron chi connectivity index (χ4n) is 2.85. The molecule has 1 aromatic rings. The lowest BCUT2D eigenvalue weighted by molar-refractivity contribution is -0.314. The Morgan fingerprint density at radius 1 is 1.12 bits per heavy atom. The minimum absolute atomic E-state index is 0.250. The number of para-hydroxylation sites is 1. The van der Waals surface area contributed by atoms with Crippen LogP contribution in [0.4, 0.5) is 0 Å². The first-order valence-electron chi connectivity index (χ1n) is 7.97. The van der Waals surface area contributed by atoms with E-state index < -0.39 is 29.6 Å². The van der Waals surface area contributed by atoms with Gasteiger partial charge in [0.1, 0.15) is 5.75 Å². The largest absolute Gasteiger partial charge is 0.550 e. The average molecular weight is 333 g/mol. The molecule has 0 spiro atoms. The van der Waals surface area contributed by atoms with E-state index in [0.29, 0.717) is 18.6 Å². The molecular formula is C17H21N2O5-. The van der Waals surface area contributed by atoms with E-state index in [1.807, 2.05) is 19.1 Å². The molecule has 0 radical (unpaired) electrons. The Morgan fingerprint density at radius 3 is 2.46 bits per heavy atom. The number of amides is 2. The van der Waals surface area contributed by atoms with Gasteiger partial charge in [0.15, 0.2) is 6.61 Å². The molecule has 1 saturated carbocycles. The van der Waals surface area contributed by atoms with E-state index in [4.69, 9.17) is 4.74 Å². The van der Waals surface area contributed by atoms with Gasteiger partial charge in [0.2, 0.25) is 5.91 Å². The maximum absolute atomic E-state index is 12.1. The quantitative estimate of drug-likeness (QED) is 0.742. The van der Waals surface area contributed by atoms with Crippen molar-refractivity contribution in [1.29, 1.82) is 0 Å². The standard InChI is InChI=1S/C17H22N2O5/c1-11-6-2-5-9-14(11)24-10-15(20)18-19-16(21)12-7-3-4-8-13(12)17(22)23/h2,5-6,9,12-13H,3-4,7-8,10H2,1H3,(H,18,20)(H,19,21)(H,22,23)/p-1. The molecule has 1 fully saturated rings. The predicted octanol–water partition coefficient (Wildman–Crippen LogP) is 0.0775. The van der Waals surface area contributed by atoms with Crippen LogP contribution in [0.1, 0.15) is 31.2 Å². The van der Waals surface area contributed by atoms with Gasteiger partial charge in [-0.25, -0.2) is 0 Å². The Kier molecular flexibility index (Phi) is 6.17. The van der Waals surface area contributed by atoms with E-state index in [-0.39, 0.29) is 6.61 Å². The zero-order valence-electron chi connectivity index (χ0n) is 13.5. The summed E-state index contributed by atoms with van der Waals surface area (Å²) in [6.45, 7) is 1.61. The van der Waals surface area contributed by atoms with E-state index in [1.54, 1.807) is 12.1 Å². The van der Waals surface area contributed by atoms with Crippen LogP contribution in [0, 0.1) is 18.8 Å². The summed E-state index contributed by atoms with van der Waals surface area (Å²) in [5.41, 5.74) is 5.43. The number of ether oxygens (including phenoxy) is 1. The molecule has 0 saturated heterocycles. The monoisotopic (exact) mass is 333 g/mol. The van der Waals surface area contributed by atoms with Crippen molar-refractivity contribution in [1.82, 2.24) is 10.9 Å². The molecule has 2 rings (SSSR count). The average Bonchev–Trinajstić information content (AvgIpc) is 2.59. The normalized spacial score (nSPS) is 20.0. The van der Waals surface area contributed by atoms with Gasteiger partial charge in [-0.15, -0.1) is 0 Å². The van der Waals surface area contributed by atoms with Crippen molar-refractivity contribution in [3.63, 3.8) is 0 Å². The molecule has 0 aromatic heterocycles. The summed E-state index contributed by atoms with van der Waals surface area (Å²) in [6, 6.07) is 7.26. The van der Waals surface area contributed by atoms with Crippen LogP contribution in [0.3, 0.4) is 0 Å². The van der Waals surface area contributed by atoms with Gasteiger partial charge in [-0.05, 0) is 31.4 Å². The summed E-state index contributed by atoms with van der Waals surface area (Å²) in [5.74, 6) is -3.15. The van der Waals surface area contributed by atoms with E-state index in [0.717, 1.165) is 18.4 Å². The maximum Gasteiger partial charge on any atom is 0.276 e. The number of aryl methyl sites for hydroxylation is 1. The third-order valence-electron chi connectivity index (χ3n) is 4.18. The van der Waals surface area contributed by atoms with Gasteiger partial charge in [-0.1, -0.05) is 31.0 Å². The summed E-state index contributed by atoms with van der Waals surface area (Å²) >= 11 is 0. The van der Waals surface area contributed by atoms with Crippen LogP contribution in [0.15, 0.2) is 24.3 Å². The first kappa shape index (κ1) is 17.8.